The van der Waals surface area contributed by atoms with E-state index in [1.807, 2.05) is 21.1 Å². The smallest absolute Gasteiger partial charge is 0.391 e. The molecule has 446 valence electrons. The van der Waals surface area contributed by atoms with Gasteiger partial charge in [-0.05, 0) is 44.9 Å². The number of phosphoric acid groups is 1. The first-order valence-electron chi connectivity index (χ1n) is 33.2. The fourth-order valence-corrected chi connectivity index (χ4v) is 11.0. The summed E-state index contributed by atoms with van der Waals surface area (Å²) in [6, 6.07) is -0.759. The molecule has 9 heteroatoms. The summed E-state index contributed by atoms with van der Waals surface area (Å²) in [7, 11) is 1.63. The van der Waals surface area contributed by atoms with Crippen molar-refractivity contribution in [3.63, 3.8) is 0 Å². The average molecular weight is 1080 g/mol. The van der Waals surface area contributed by atoms with Crippen molar-refractivity contribution in [1.29, 1.82) is 0 Å². The van der Waals surface area contributed by atoms with Gasteiger partial charge in [-0.1, -0.05) is 314 Å². The molecule has 0 aliphatic rings. The molecule has 75 heavy (non-hydrogen) atoms. The van der Waals surface area contributed by atoms with Gasteiger partial charge in [-0.2, -0.15) is 0 Å². The van der Waals surface area contributed by atoms with Crippen LogP contribution in [0.1, 0.15) is 341 Å². The van der Waals surface area contributed by atoms with E-state index in [2.05, 4.69) is 43.5 Å². The molecule has 0 heterocycles. The van der Waals surface area contributed by atoms with Gasteiger partial charge >= 0.3 is 7.82 Å². The Balaban J connectivity index is 3.92. The van der Waals surface area contributed by atoms with Crippen LogP contribution in [0.4, 0.5) is 0 Å². The van der Waals surface area contributed by atoms with Gasteiger partial charge in [0.05, 0.1) is 39.9 Å². The van der Waals surface area contributed by atoms with E-state index in [0.717, 1.165) is 44.9 Å². The van der Waals surface area contributed by atoms with Crippen molar-refractivity contribution in [2.24, 2.45) is 0 Å². The fourth-order valence-electron chi connectivity index (χ4n) is 10.3. The fraction of sp³-hybridized carbons (Fsp3) is 0.924. The van der Waals surface area contributed by atoms with Crippen molar-refractivity contribution in [3.05, 3.63) is 24.3 Å². The van der Waals surface area contributed by atoms with Crippen LogP contribution in [0.15, 0.2) is 24.3 Å². The van der Waals surface area contributed by atoms with Crippen molar-refractivity contribution in [3.8, 4) is 0 Å². The van der Waals surface area contributed by atoms with Gasteiger partial charge in [0, 0.05) is 6.42 Å². The first kappa shape index (κ1) is 74.0. The third-order valence-corrected chi connectivity index (χ3v) is 16.4. The first-order chi connectivity index (χ1) is 36.5. The summed E-state index contributed by atoms with van der Waals surface area (Å²) in [5.74, 6) is -0.138. The summed E-state index contributed by atoms with van der Waals surface area (Å²) in [5, 5.41) is 14.1. The number of unbranched alkanes of at least 4 members (excludes halogenated alkanes) is 45. The average Bonchev–Trinajstić information content (AvgIpc) is 3.37. The Kier molecular flexibility index (Phi) is 56.9. The molecule has 0 fully saturated rings. The molecule has 0 aromatic carbocycles. The zero-order chi connectivity index (χ0) is 54.9. The van der Waals surface area contributed by atoms with Crippen molar-refractivity contribution >= 4 is 13.7 Å². The van der Waals surface area contributed by atoms with E-state index in [4.69, 9.17) is 9.05 Å². The highest BCUT2D eigenvalue weighted by atomic mass is 31.2. The number of amides is 1. The molecule has 0 bridgehead atoms. The number of phosphoric ester groups is 1. The number of rotatable bonds is 62. The lowest BCUT2D eigenvalue weighted by atomic mass is 10.0. The number of nitrogens with zero attached hydrogens (tertiary/aromatic N) is 1. The molecular weight excluding hydrogens is 948 g/mol. The van der Waals surface area contributed by atoms with Gasteiger partial charge in [-0.3, -0.25) is 13.8 Å². The van der Waals surface area contributed by atoms with E-state index in [-0.39, 0.29) is 19.1 Å². The normalized spacial score (nSPS) is 13.9. The summed E-state index contributed by atoms with van der Waals surface area (Å²) >= 11 is 0. The van der Waals surface area contributed by atoms with E-state index in [1.165, 1.54) is 270 Å². The molecule has 0 radical (unpaired) electrons. The van der Waals surface area contributed by atoms with Crippen LogP contribution in [0.5, 0.6) is 0 Å². The van der Waals surface area contributed by atoms with Crippen LogP contribution in [-0.4, -0.2) is 73.4 Å². The molecule has 3 unspecified atom stereocenters. The summed E-state index contributed by atoms with van der Waals surface area (Å²) in [5.41, 5.74) is 0. The van der Waals surface area contributed by atoms with Crippen LogP contribution >= 0.6 is 7.82 Å². The second-order valence-corrected chi connectivity index (χ2v) is 25.7. The molecule has 0 saturated heterocycles. The highest BCUT2D eigenvalue weighted by Crippen LogP contribution is 2.43. The number of aliphatic hydroxyl groups is 1. The lowest BCUT2D eigenvalue weighted by molar-refractivity contribution is -0.870. The van der Waals surface area contributed by atoms with Crippen LogP contribution in [0.25, 0.3) is 0 Å². The van der Waals surface area contributed by atoms with Crippen molar-refractivity contribution in [2.75, 3.05) is 40.9 Å². The Morgan fingerprint density at radius 1 is 0.453 bits per heavy atom. The number of allylic oxidation sites excluding steroid dienone is 4. The van der Waals surface area contributed by atoms with Crippen LogP contribution in [-0.2, 0) is 18.4 Å². The number of aliphatic hydroxyl groups excluding tert-OH is 1. The van der Waals surface area contributed by atoms with Crippen LogP contribution in [0.2, 0.25) is 0 Å². The predicted octanol–water partition coefficient (Wildman–Crippen LogP) is 20.7. The molecule has 0 aliphatic heterocycles. The molecule has 1 amide bonds. The Bertz CT molecular complexity index is 1270. The van der Waals surface area contributed by atoms with Gasteiger partial charge in [-0.25, -0.2) is 4.57 Å². The monoisotopic (exact) mass is 1080 g/mol. The maximum atomic E-state index is 13.0. The molecule has 0 spiro atoms. The van der Waals surface area contributed by atoms with Crippen molar-refractivity contribution in [2.45, 2.75) is 353 Å². The number of likely N-dealkylation sites (N-methyl/N-ethyl adjacent to an activating group) is 1. The molecule has 3 atom stereocenters. The predicted molar refractivity (Wildman–Crippen MR) is 328 cm³/mol. The molecule has 0 aliphatic carbocycles. The number of quaternary nitrogens is 1. The number of carbonyl (C=O) groups is 1. The second-order valence-electron chi connectivity index (χ2n) is 24.2. The molecule has 0 aromatic heterocycles. The summed E-state index contributed by atoms with van der Waals surface area (Å²) in [6.07, 6.45) is 74.2. The Hall–Kier alpha value is -1.02. The van der Waals surface area contributed by atoms with Crippen LogP contribution in [0, 0.1) is 0 Å². The molecule has 0 rings (SSSR count). The number of hydrogen-bond acceptors (Lipinski definition) is 5. The minimum atomic E-state index is -4.32. The van der Waals surface area contributed by atoms with Crippen LogP contribution < -0.4 is 5.32 Å². The largest absolute Gasteiger partial charge is 0.472 e. The van der Waals surface area contributed by atoms with E-state index in [9.17, 15) is 19.4 Å². The molecule has 0 aromatic rings. The van der Waals surface area contributed by atoms with E-state index < -0.39 is 20.0 Å². The van der Waals surface area contributed by atoms with Gasteiger partial charge in [0.1, 0.15) is 13.2 Å². The maximum absolute atomic E-state index is 13.0. The maximum Gasteiger partial charge on any atom is 0.472 e. The topological polar surface area (TPSA) is 105 Å². The number of hydrogen-bond donors (Lipinski definition) is 3. The highest BCUT2D eigenvalue weighted by molar-refractivity contribution is 7.47. The van der Waals surface area contributed by atoms with Gasteiger partial charge in [-0.15, -0.1) is 0 Å². The number of nitrogens with one attached hydrogen (secondary N) is 1. The highest BCUT2D eigenvalue weighted by Gasteiger charge is 2.28. The van der Waals surface area contributed by atoms with Crippen molar-refractivity contribution in [1.82, 2.24) is 5.32 Å². The standard InChI is InChI=1S/C66H131N2O6P/c1-6-8-10-12-14-16-18-20-22-24-25-26-27-28-29-30-31-32-33-34-35-36-37-38-39-40-41-42-43-44-46-48-50-52-54-56-58-60-66(70)67-64(63-74-75(71,72)73-62-61-68(3,4)5)65(69)59-57-55-53-51-49-47-45-23-21-19-17-15-13-11-9-7-2/h29-30,32-33,64-65,69H,6-28,31,34-63H2,1-5H3,(H-,67,70,71,72)/p+1/b30-29-,33-32-. The lowest BCUT2D eigenvalue weighted by Crippen LogP contribution is -2.46. The molecule has 3 N–H and O–H groups in total. The minimum Gasteiger partial charge on any atom is -0.391 e. The van der Waals surface area contributed by atoms with E-state index in [0.29, 0.717) is 23.9 Å². The molecular formula is C66H132N2O6P+. The molecule has 0 saturated carbocycles. The zero-order valence-corrected chi connectivity index (χ0v) is 52.0. The Labute approximate surface area is 468 Å². The zero-order valence-electron chi connectivity index (χ0n) is 51.1. The minimum absolute atomic E-state index is 0.0769. The second kappa shape index (κ2) is 57.7. The van der Waals surface area contributed by atoms with Gasteiger partial charge in [0.15, 0.2) is 0 Å². The third-order valence-electron chi connectivity index (χ3n) is 15.5. The number of carbonyl (C=O) groups excluding carboxylic acids is 1. The van der Waals surface area contributed by atoms with E-state index in [1.54, 1.807) is 0 Å². The lowest BCUT2D eigenvalue weighted by Gasteiger charge is -2.26. The summed E-state index contributed by atoms with van der Waals surface area (Å²) in [6.45, 7) is 4.94. The Morgan fingerprint density at radius 3 is 1.09 bits per heavy atom. The Morgan fingerprint density at radius 2 is 0.760 bits per heavy atom. The van der Waals surface area contributed by atoms with Gasteiger partial charge < -0.3 is 19.8 Å². The van der Waals surface area contributed by atoms with Gasteiger partial charge in [0.25, 0.3) is 0 Å². The summed E-state index contributed by atoms with van der Waals surface area (Å²) in [4.78, 5) is 23.4. The SMILES string of the molecule is CCCCCCCCCCCCCCC/C=C\C/C=C\CCCCCCCCCCCCCCCCCCCC(=O)NC(COP(=O)(O)OCC[N+](C)(C)C)C(O)CCCCCCCCCCCCCCCCCC. The van der Waals surface area contributed by atoms with Gasteiger partial charge in [0.2, 0.25) is 5.91 Å². The third kappa shape index (κ3) is 60.5. The van der Waals surface area contributed by atoms with E-state index >= 15 is 0 Å². The first-order valence-corrected chi connectivity index (χ1v) is 34.7. The molecule has 8 nitrogen and oxygen atoms in total. The van der Waals surface area contributed by atoms with Crippen molar-refractivity contribution < 1.29 is 32.9 Å². The summed E-state index contributed by atoms with van der Waals surface area (Å²) < 4.78 is 23.8. The quantitative estimate of drug-likeness (QED) is 0.0243. The van der Waals surface area contributed by atoms with Crippen LogP contribution in [0.3, 0.4) is 0 Å².